The van der Waals surface area contributed by atoms with Crippen LogP contribution in [0, 0.1) is 5.82 Å². The Morgan fingerprint density at radius 2 is 1.74 bits per heavy atom. The van der Waals surface area contributed by atoms with Crippen molar-refractivity contribution in [3.63, 3.8) is 0 Å². The number of halogens is 1. The minimum absolute atomic E-state index is 0.0576. The van der Waals surface area contributed by atoms with Crippen LogP contribution in [0.1, 0.15) is 15.9 Å². The van der Waals surface area contributed by atoms with Gasteiger partial charge in [-0.05, 0) is 54.1 Å². The molecule has 2 aliphatic heterocycles. The molecule has 0 radical (unpaired) electrons. The summed E-state index contributed by atoms with van der Waals surface area (Å²) in [5.74, 6) is 0.315. The standard InChI is InChI=1S/C26H19FN2O4S/c27-19-7-9-20(10-8-19)29-25(31)21(14-17-4-2-1-3-5-17)28-26(29)34-16-22(30)18-6-11-23-24(15-18)33-13-12-32-23/h1-11,14-15H,12-13,16H2. The molecular weight excluding hydrogens is 455 g/mol. The van der Waals surface area contributed by atoms with Gasteiger partial charge in [-0.3, -0.25) is 14.5 Å². The minimum atomic E-state index is -0.407. The summed E-state index contributed by atoms with van der Waals surface area (Å²) >= 11 is 1.15. The molecule has 0 aliphatic carbocycles. The molecule has 5 rings (SSSR count). The molecule has 0 N–H and O–H groups in total. The van der Waals surface area contributed by atoms with Crippen molar-refractivity contribution in [1.29, 1.82) is 0 Å². The Hall–Kier alpha value is -3.91. The number of amidine groups is 1. The number of carbonyl (C=O) groups excluding carboxylic acids is 2. The third-order valence-corrected chi connectivity index (χ3v) is 6.15. The number of ketones is 1. The Balaban J connectivity index is 1.40. The number of ether oxygens (including phenoxy) is 2. The Bertz CT molecular complexity index is 1310. The molecule has 6 nitrogen and oxygen atoms in total. The number of anilines is 1. The summed E-state index contributed by atoms with van der Waals surface area (Å²) in [4.78, 5) is 32.0. The molecule has 0 fully saturated rings. The number of hydrogen-bond donors (Lipinski definition) is 0. The highest BCUT2D eigenvalue weighted by Gasteiger charge is 2.32. The highest BCUT2D eigenvalue weighted by Crippen LogP contribution is 2.33. The smallest absolute Gasteiger partial charge is 0.283 e. The fourth-order valence-corrected chi connectivity index (χ4v) is 4.46. The monoisotopic (exact) mass is 474 g/mol. The molecule has 0 saturated heterocycles. The number of Topliss-reactive ketones (excluding diaryl/α,β-unsaturated/α-hetero) is 1. The van der Waals surface area contributed by atoms with Gasteiger partial charge in [-0.1, -0.05) is 42.1 Å². The maximum atomic E-state index is 13.5. The molecule has 1 amide bonds. The average molecular weight is 475 g/mol. The van der Waals surface area contributed by atoms with Gasteiger partial charge in [-0.15, -0.1) is 0 Å². The fraction of sp³-hybridized carbons (Fsp3) is 0.115. The maximum absolute atomic E-state index is 13.5. The van der Waals surface area contributed by atoms with Gasteiger partial charge >= 0.3 is 0 Å². The zero-order chi connectivity index (χ0) is 23.5. The molecule has 2 aliphatic rings. The largest absolute Gasteiger partial charge is 0.486 e. The highest BCUT2D eigenvalue weighted by atomic mass is 32.2. The Morgan fingerprint density at radius 3 is 2.50 bits per heavy atom. The Morgan fingerprint density at radius 1 is 1.00 bits per heavy atom. The summed E-state index contributed by atoms with van der Waals surface area (Å²) in [6, 6.07) is 20.0. The van der Waals surface area contributed by atoms with E-state index < -0.39 is 5.82 Å². The quantitative estimate of drug-likeness (QED) is 0.386. The van der Waals surface area contributed by atoms with Crippen molar-refractivity contribution < 1.29 is 23.5 Å². The molecule has 34 heavy (non-hydrogen) atoms. The SMILES string of the molecule is O=C(CSC1=NC(=Cc2ccccc2)C(=O)N1c1ccc(F)cc1)c1ccc2c(c1)OCCO2. The van der Waals surface area contributed by atoms with E-state index in [4.69, 9.17) is 9.47 Å². The van der Waals surface area contributed by atoms with E-state index in [-0.39, 0.29) is 23.1 Å². The maximum Gasteiger partial charge on any atom is 0.283 e. The summed E-state index contributed by atoms with van der Waals surface area (Å²) < 4.78 is 24.5. The van der Waals surface area contributed by atoms with E-state index in [9.17, 15) is 14.0 Å². The van der Waals surface area contributed by atoms with Gasteiger partial charge in [0.1, 0.15) is 24.7 Å². The number of rotatable bonds is 5. The van der Waals surface area contributed by atoms with E-state index in [2.05, 4.69) is 4.99 Å². The van der Waals surface area contributed by atoms with Gasteiger partial charge in [-0.25, -0.2) is 9.38 Å². The van der Waals surface area contributed by atoms with Crippen molar-refractivity contribution in [2.24, 2.45) is 4.99 Å². The lowest BCUT2D eigenvalue weighted by Gasteiger charge is -2.19. The molecule has 0 unspecified atom stereocenters. The first-order chi connectivity index (χ1) is 16.6. The average Bonchev–Trinajstić information content (AvgIpc) is 3.18. The second-order valence-electron chi connectivity index (χ2n) is 7.52. The normalized spacial score (nSPS) is 16.0. The summed E-state index contributed by atoms with van der Waals surface area (Å²) in [6.45, 7) is 0.906. The van der Waals surface area contributed by atoms with Gasteiger partial charge in [0, 0.05) is 5.56 Å². The number of amides is 1. The van der Waals surface area contributed by atoms with Crippen molar-refractivity contribution in [3.05, 3.63) is 95.4 Å². The third-order valence-electron chi connectivity index (χ3n) is 5.21. The summed E-state index contributed by atoms with van der Waals surface area (Å²) in [7, 11) is 0. The first-order valence-corrected chi connectivity index (χ1v) is 11.6. The highest BCUT2D eigenvalue weighted by molar-refractivity contribution is 8.14. The second kappa shape index (κ2) is 9.52. The van der Waals surface area contributed by atoms with E-state index in [0.29, 0.717) is 41.1 Å². The van der Waals surface area contributed by atoms with Gasteiger partial charge in [0.2, 0.25) is 0 Å². The molecule has 0 aromatic heterocycles. The van der Waals surface area contributed by atoms with Crippen LogP contribution in [0.25, 0.3) is 6.08 Å². The van der Waals surface area contributed by atoms with Crippen LogP contribution in [-0.2, 0) is 4.79 Å². The van der Waals surface area contributed by atoms with Gasteiger partial charge in [-0.2, -0.15) is 0 Å². The van der Waals surface area contributed by atoms with Crippen LogP contribution in [-0.4, -0.2) is 35.8 Å². The zero-order valence-electron chi connectivity index (χ0n) is 17.9. The number of thioether (sulfide) groups is 1. The number of nitrogens with zero attached hydrogens (tertiary/aromatic N) is 2. The Labute approximate surface area is 199 Å². The van der Waals surface area contributed by atoms with Gasteiger partial charge in [0.15, 0.2) is 22.4 Å². The lowest BCUT2D eigenvalue weighted by atomic mass is 10.1. The van der Waals surface area contributed by atoms with E-state index in [1.165, 1.54) is 29.2 Å². The van der Waals surface area contributed by atoms with Crippen molar-refractivity contribution >= 4 is 40.4 Å². The van der Waals surface area contributed by atoms with Crippen molar-refractivity contribution in [2.75, 3.05) is 23.9 Å². The summed E-state index contributed by atoms with van der Waals surface area (Å²) in [5, 5.41) is 0.352. The van der Waals surface area contributed by atoms with Crippen LogP contribution < -0.4 is 14.4 Å². The molecule has 3 aromatic rings. The first-order valence-electron chi connectivity index (χ1n) is 10.6. The molecule has 170 valence electrons. The van der Waals surface area contributed by atoms with Crippen molar-refractivity contribution in [1.82, 2.24) is 0 Å². The van der Waals surface area contributed by atoms with Crippen molar-refractivity contribution in [3.8, 4) is 11.5 Å². The van der Waals surface area contributed by atoms with Crippen LogP contribution in [0.4, 0.5) is 10.1 Å². The number of carbonyl (C=O) groups is 2. The summed E-state index contributed by atoms with van der Waals surface area (Å²) in [6.07, 6.45) is 1.69. The van der Waals surface area contributed by atoms with Gasteiger partial charge < -0.3 is 9.47 Å². The summed E-state index contributed by atoms with van der Waals surface area (Å²) in [5.41, 5.74) is 2.02. The molecule has 3 aromatic carbocycles. The number of fused-ring (bicyclic) bond motifs is 1. The lowest BCUT2D eigenvalue weighted by Crippen LogP contribution is -2.30. The predicted octanol–water partition coefficient (Wildman–Crippen LogP) is 4.96. The molecule has 0 spiro atoms. The third kappa shape index (κ3) is 4.58. The predicted molar refractivity (Wildman–Crippen MR) is 130 cm³/mol. The van der Waals surface area contributed by atoms with Gasteiger partial charge in [0.05, 0.1) is 11.4 Å². The minimum Gasteiger partial charge on any atom is -0.486 e. The molecule has 0 saturated carbocycles. The molecule has 2 heterocycles. The van der Waals surface area contributed by atoms with Crippen LogP contribution in [0.5, 0.6) is 11.5 Å². The first kappa shape index (κ1) is 21.9. The molecule has 0 atom stereocenters. The van der Waals surface area contributed by atoms with Crippen LogP contribution in [0.2, 0.25) is 0 Å². The van der Waals surface area contributed by atoms with E-state index in [0.717, 1.165) is 17.3 Å². The molecule has 0 bridgehead atoms. The van der Waals surface area contributed by atoms with E-state index in [1.54, 1.807) is 24.3 Å². The lowest BCUT2D eigenvalue weighted by molar-refractivity contribution is -0.113. The zero-order valence-corrected chi connectivity index (χ0v) is 18.8. The second-order valence-corrected chi connectivity index (χ2v) is 8.46. The van der Waals surface area contributed by atoms with Crippen LogP contribution in [0.3, 0.4) is 0 Å². The van der Waals surface area contributed by atoms with Crippen LogP contribution >= 0.6 is 11.8 Å². The number of benzene rings is 3. The van der Waals surface area contributed by atoms with Gasteiger partial charge in [0.25, 0.3) is 5.91 Å². The Kier molecular flexibility index (Phi) is 6.14. The fourth-order valence-electron chi connectivity index (χ4n) is 3.55. The number of hydrogen-bond acceptors (Lipinski definition) is 6. The van der Waals surface area contributed by atoms with Crippen molar-refractivity contribution in [2.45, 2.75) is 0 Å². The topological polar surface area (TPSA) is 68.2 Å². The molecular formula is C26H19FN2O4S. The van der Waals surface area contributed by atoms with Crippen LogP contribution in [0.15, 0.2) is 83.5 Å². The number of aliphatic imine (C=N–C) groups is 1. The molecule has 8 heteroatoms. The van der Waals surface area contributed by atoms with E-state index >= 15 is 0 Å². The van der Waals surface area contributed by atoms with E-state index in [1.807, 2.05) is 30.3 Å².